The maximum absolute atomic E-state index is 11.7. The van der Waals surface area contributed by atoms with Crippen LogP contribution in [0.2, 0.25) is 0 Å². The van der Waals surface area contributed by atoms with Gasteiger partial charge in [0.25, 0.3) is 0 Å². The molecule has 1 fully saturated rings. The van der Waals surface area contributed by atoms with Crippen LogP contribution in [0.25, 0.3) is 0 Å². The van der Waals surface area contributed by atoms with E-state index >= 15 is 0 Å². The van der Waals surface area contributed by atoms with Crippen molar-refractivity contribution in [3.63, 3.8) is 0 Å². The number of hydrogen-bond donors (Lipinski definition) is 0. The Morgan fingerprint density at radius 3 is 2.64 bits per heavy atom. The summed E-state index contributed by atoms with van der Waals surface area (Å²) in [6.45, 7) is 1.71. The standard InChI is InChI=1S/C12H15NO/c1-10(14)12(6-2-3-7-12)11-5-4-8-13-9-11/h4-5,8-9H,2-3,6-7H2,1H3. The van der Waals surface area contributed by atoms with Crippen molar-refractivity contribution < 1.29 is 4.79 Å². The van der Waals surface area contributed by atoms with Crippen molar-refractivity contribution in [2.45, 2.75) is 38.0 Å². The second-order valence-corrected chi connectivity index (χ2v) is 4.09. The van der Waals surface area contributed by atoms with Crippen molar-refractivity contribution in [3.8, 4) is 0 Å². The maximum atomic E-state index is 11.7. The molecule has 1 saturated carbocycles. The molecule has 0 N–H and O–H groups in total. The summed E-state index contributed by atoms with van der Waals surface area (Å²) in [6.07, 6.45) is 7.91. The molecule has 0 spiro atoms. The van der Waals surface area contributed by atoms with E-state index in [0.29, 0.717) is 5.78 Å². The van der Waals surface area contributed by atoms with E-state index in [-0.39, 0.29) is 5.41 Å². The number of hydrogen-bond acceptors (Lipinski definition) is 2. The lowest BCUT2D eigenvalue weighted by Gasteiger charge is -2.25. The summed E-state index contributed by atoms with van der Waals surface area (Å²) in [5.74, 6) is 0.294. The minimum absolute atomic E-state index is 0.214. The fourth-order valence-electron chi connectivity index (χ4n) is 2.47. The van der Waals surface area contributed by atoms with Crippen LogP contribution >= 0.6 is 0 Å². The molecule has 1 heterocycles. The molecule has 2 heteroatoms. The van der Waals surface area contributed by atoms with Gasteiger partial charge in [-0.2, -0.15) is 0 Å². The van der Waals surface area contributed by atoms with Crippen LogP contribution in [0.15, 0.2) is 24.5 Å². The zero-order valence-electron chi connectivity index (χ0n) is 8.49. The molecule has 1 aromatic rings. The summed E-state index contributed by atoms with van der Waals surface area (Å²) in [5.41, 5.74) is 0.888. The molecule has 74 valence electrons. The van der Waals surface area contributed by atoms with Crippen LogP contribution in [0.5, 0.6) is 0 Å². The fourth-order valence-corrected chi connectivity index (χ4v) is 2.47. The Balaban J connectivity index is 2.42. The van der Waals surface area contributed by atoms with Gasteiger partial charge in [-0.15, -0.1) is 0 Å². The summed E-state index contributed by atoms with van der Waals surface area (Å²) < 4.78 is 0. The Kier molecular flexibility index (Phi) is 2.36. The summed E-state index contributed by atoms with van der Waals surface area (Å²) in [5, 5.41) is 0. The van der Waals surface area contributed by atoms with Crippen molar-refractivity contribution in [3.05, 3.63) is 30.1 Å². The van der Waals surface area contributed by atoms with Gasteiger partial charge < -0.3 is 0 Å². The summed E-state index contributed by atoms with van der Waals surface area (Å²) in [6, 6.07) is 3.94. The number of pyridine rings is 1. The Morgan fingerprint density at radius 1 is 1.43 bits per heavy atom. The number of rotatable bonds is 2. The zero-order chi connectivity index (χ0) is 10.0. The molecule has 1 aliphatic rings. The number of nitrogens with zero attached hydrogens (tertiary/aromatic N) is 1. The molecular formula is C12H15NO. The van der Waals surface area contributed by atoms with E-state index in [1.165, 1.54) is 0 Å². The Morgan fingerprint density at radius 2 is 2.14 bits per heavy atom. The first kappa shape index (κ1) is 9.38. The van der Waals surface area contributed by atoms with E-state index in [0.717, 1.165) is 31.2 Å². The van der Waals surface area contributed by atoms with Crippen molar-refractivity contribution >= 4 is 5.78 Å². The average molecular weight is 189 g/mol. The highest BCUT2D eigenvalue weighted by Crippen LogP contribution is 2.41. The molecule has 0 bridgehead atoms. The highest BCUT2D eigenvalue weighted by molar-refractivity contribution is 5.88. The normalized spacial score (nSPS) is 19.5. The fraction of sp³-hybridized carbons (Fsp3) is 0.500. The lowest BCUT2D eigenvalue weighted by Crippen LogP contribution is -2.30. The van der Waals surface area contributed by atoms with Gasteiger partial charge in [-0.05, 0) is 31.4 Å². The van der Waals surface area contributed by atoms with E-state index in [1.54, 1.807) is 13.1 Å². The number of aromatic nitrogens is 1. The van der Waals surface area contributed by atoms with Crippen molar-refractivity contribution in [1.82, 2.24) is 4.98 Å². The minimum atomic E-state index is -0.214. The van der Waals surface area contributed by atoms with Crippen LogP contribution in [0.1, 0.15) is 38.2 Å². The predicted octanol–water partition coefficient (Wildman–Crippen LogP) is 2.48. The van der Waals surface area contributed by atoms with Gasteiger partial charge in [-0.25, -0.2) is 0 Å². The van der Waals surface area contributed by atoms with Crippen LogP contribution in [0.3, 0.4) is 0 Å². The molecule has 2 rings (SSSR count). The van der Waals surface area contributed by atoms with Crippen LogP contribution in [0.4, 0.5) is 0 Å². The molecule has 0 amide bonds. The molecule has 0 saturated heterocycles. The summed E-state index contributed by atoms with van der Waals surface area (Å²) >= 11 is 0. The molecule has 2 nitrogen and oxygen atoms in total. The highest BCUT2D eigenvalue weighted by atomic mass is 16.1. The molecule has 14 heavy (non-hydrogen) atoms. The summed E-state index contributed by atoms with van der Waals surface area (Å²) in [4.78, 5) is 15.8. The smallest absolute Gasteiger partial charge is 0.140 e. The van der Waals surface area contributed by atoms with Gasteiger partial charge in [-0.3, -0.25) is 9.78 Å². The van der Waals surface area contributed by atoms with Gasteiger partial charge in [-0.1, -0.05) is 18.9 Å². The number of carbonyl (C=O) groups is 1. The molecular weight excluding hydrogens is 174 g/mol. The molecule has 0 aromatic carbocycles. The van der Waals surface area contributed by atoms with E-state index in [2.05, 4.69) is 4.98 Å². The maximum Gasteiger partial charge on any atom is 0.140 e. The monoisotopic (exact) mass is 189 g/mol. The third-order valence-electron chi connectivity index (χ3n) is 3.35. The second kappa shape index (κ2) is 3.52. The van der Waals surface area contributed by atoms with E-state index < -0.39 is 0 Å². The van der Waals surface area contributed by atoms with E-state index in [9.17, 15) is 4.79 Å². The average Bonchev–Trinajstić information content (AvgIpc) is 2.69. The Labute approximate surface area is 84.4 Å². The number of Topliss-reactive ketones (excluding diaryl/α,β-unsaturated/α-hetero) is 1. The molecule has 0 atom stereocenters. The Bertz CT molecular complexity index is 325. The van der Waals surface area contributed by atoms with E-state index in [4.69, 9.17) is 0 Å². The van der Waals surface area contributed by atoms with Gasteiger partial charge in [0, 0.05) is 12.4 Å². The molecule has 0 unspecified atom stereocenters. The zero-order valence-corrected chi connectivity index (χ0v) is 8.49. The highest BCUT2D eigenvalue weighted by Gasteiger charge is 2.39. The van der Waals surface area contributed by atoms with Gasteiger partial charge in [0.05, 0.1) is 5.41 Å². The first-order chi connectivity index (χ1) is 6.76. The van der Waals surface area contributed by atoms with Crippen molar-refractivity contribution in [1.29, 1.82) is 0 Å². The lowest BCUT2D eigenvalue weighted by molar-refractivity contribution is -0.122. The summed E-state index contributed by atoms with van der Waals surface area (Å²) in [7, 11) is 0. The van der Waals surface area contributed by atoms with Crippen LogP contribution in [-0.2, 0) is 10.2 Å². The topological polar surface area (TPSA) is 30.0 Å². The largest absolute Gasteiger partial charge is 0.299 e. The van der Waals surface area contributed by atoms with Crippen LogP contribution < -0.4 is 0 Å². The van der Waals surface area contributed by atoms with Crippen molar-refractivity contribution in [2.75, 3.05) is 0 Å². The van der Waals surface area contributed by atoms with Gasteiger partial charge in [0.2, 0.25) is 0 Å². The molecule has 0 radical (unpaired) electrons. The van der Waals surface area contributed by atoms with E-state index in [1.807, 2.05) is 18.3 Å². The third-order valence-corrected chi connectivity index (χ3v) is 3.35. The number of carbonyl (C=O) groups excluding carboxylic acids is 1. The van der Waals surface area contributed by atoms with Gasteiger partial charge >= 0.3 is 0 Å². The predicted molar refractivity (Wildman–Crippen MR) is 55.1 cm³/mol. The minimum Gasteiger partial charge on any atom is -0.299 e. The van der Waals surface area contributed by atoms with Gasteiger partial charge in [0.1, 0.15) is 5.78 Å². The quantitative estimate of drug-likeness (QED) is 0.715. The van der Waals surface area contributed by atoms with Crippen LogP contribution in [0, 0.1) is 0 Å². The third kappa shape index (κ3) is 1.35. The first-order valence-electron chi connectivity index (χ1n) is 5.17. The molecule has 1 aromatic heterocycles. The SMILES string of the molecule is CC(=O)C1(c2cccnc2)CCCC1. The van der Waals surface area contributed by atoms with Crippen molar-refractivity contribution in [2.24, 2.45) is 0 Å². The molecule has 0 aliphatic heterocycles. The van der Waals surface area contributed by atoms with Crippen LogP contribution in [-0.4, -0.2) is 10.8 Å². The first-order valence-corrected chi connectivity index (χ1v) is 5.17. The number of ketones is 1. The Hall–Kier alpha value is -1.18. The van der Waals surface area contributed by atoms with Gasteiger partial charge in [0.15, 0.2) is 0 Å². The lowest BCUT2D eigenvalue weighted by atomic mass is 9.76. The molecule has 1 aliphatic carbocycles. The second-order valence-electron chi connectivity index (χ2n) is 4.09.